The molecule has 1 saturated carbocycles. The average Bonchev–Trinajstić information content (AvgIpc) is 2.50. The highest BCUT2D eigenvalue weighted by Gasteiger charge is 2.20. The van der Waals surface area contributed by atoms with Crippen LogP contribution in [-0.4, -0.2) is 5.78 Å². The molecule has 0 heterocycles. The minimum atomic E-state index is 0.432. The predicted molar refractivity (Wildman–Crippen MR) is 92.7 cm³/mol. The Labute approximate surface area is 133 Å². The molecule has 0 amide bonds. The quantitative estimate of drug-likeness (QED) is 0.340. The summed E-state index contributed by atoms with van der Waals surface area (Å²) in [6.45, 7) is 2.28. The predicted octanol–water partition coefficient (Wildman–Crippen LogP) is 6.84. The molecule has 1 atom stereocenters. The van der Waals surface area contributed by atoms with Gasteiger partial charge in [-0.1, -0.05) is 90.4 Å². The molecular formula is C20H38O. The fourth-order valence-corrected chi connectivity index (χ4v) is 3.59. The van der Waals surface area contributed by atoms with E-state index in [1.165, 1.54) is 96.3 Å². The number of carbonyl (C=O) groups is 1. The average molecular weight is 295 g/mol. The van der Waals surface area contributed by atoms with E-state index in [0.717, 1.165) is 12.8 Å². The Balaban J connectivity index is 1.77. The SMILES string of the molecule is CCCCCCCCCCCCCCC1CCCCC1=O. The number of carbonyl (C=O) groups excluding carboxylic acids is 1. The molecule has 1 nitrogen and oxygen atoms in total. The van der Waals surface area contributed by atoms with Crippen molar-refractivity contribution >= 4 is 5.78 Å². The standard InChI is InChI=1S/C20H38O/c1-2-3-4-5-6-7-8-9-10-11-12-13-16-19-17-14-15-18-20(19)21/h19H,2-18H2,1H3. The molecule has 21 heavy (non-hydrogen) atoms. The maximum atomic E-state index is 11.7. The topological polar surface area (TPSA) is 17.1 Å². The summed E-state index contributed by atoms with van der Waals surface area (Å²) in [4.78, 5) is 11.7. The molecule has 0 aromatic heterocycles. The first-order chi connectivity index (χ1) is 10.3. The highest BCUT2D eigenvalue weighted by Crippen LogP contribution is 2.25. The summed E-state index contributed by atoms with van der Waals surface area (Å²) in [5.74, 6) is 0.992. The van der Waals surface area contributed by atoms with Crippen molar-refractivity contribution in [2.75, 3.05) is 0 Å². The van der Waals surface area contributed by atoms with E-state index in [1.807, 2.05) is 0 Å². The summed E-state index contributed by atoms with van der Waals surface area (Å²) in [6, 6.07) is 0. The van der Waals surface area contributed by atoms with Gasteiger partial charge in [0, 0.05) is 12.3 Å². The normalized spacial score (nSPS) is 19.1. The molecule has 0 aliphatic heterocycles. The Kier molecular flexibility index (Phi) is 11.9. The minimum absolute atomic E-state index is 0.432. The van der Waals surface area contributed by atoms with Crippen LogP contribution in [0.5, 0.6) is 0 Å². The zero-order valence-corrected chi connectivity index (χ0v) is 14.5. The molecule has 1 unspecified atom stereocenters. The molecule has 0 N–H and O–H groups in total. The monoisotopic (exact) mass is 294 g/mol. The largest absolute Gasteiger partial charge is 0.299 e. The Bertz CT molecular complexity index is 246. The van der Waals surface area contributed by atoms with Gasteiger partial charge in [0.25, 0.3) is 0 Å². The maximum Gasteiger partial charge on any atom is 0.135 e. The lowest BCUT2D eigenvalue weighted by molar-refractivity contribution is -0.124. The van der Waals surface area contributed by atoms with E-state index in [-0.39, 0.29) is 0 Å². The lowest BCUT2D eigenvalue weighted by atomic mass is 9.84. The lowest BCUT2D eigenvalue weighted by Crippen LogP contribution is -2.18. The van der Waals surface area contributed by atoms with E-state index in [1.54, 1.807) is 0 Å². The van der Waals surface area contributed by atoms with Crippen molar-refractivity contribution in [3.8, 4) is 0 Å². The van der Waals surface area contributed by atoms with Gasteiger partial charge in [0.2, 0.25) is 0 Å². The van der Waals surface area contributed by atoms with E-state index in [2.05, 4.69) is 6.92 Å². The third-order valence-electron chi connectivity index (χ3n) is 5.09. The van der Waals surface area contributed by atoms with Crippen LogP contribution in [0.2, 0.25) is 0 Å². The van der Waals surface area contributed by atoms with Crippen LogP contribution in [-0.2, 0) is 4.79 Å². The summed E-state index contributed by atoms with van der Waals surface area (Å²) in [6.07, 6.45) is 22.5. The van der Waals surface area contributed by atoms with Crippen LogP contribution in [0.4, 0.5) is 0 Å². The van der Waals surface area contributed by atoms with Crippen LogP contribution >= 0.6 is 0 Å². The maximum absolute atomic E-state index is 11.7. The van der Waals surface area contributed by atoms with Crippen molar-refractivity contribution in [3.05, 3.63) is 0 Å². The van der Waals surface area contributed by atoms with Crippen LogP contribution in [0, 0.1) is 5.92 Å². The van der Waals surface area contributed by atoms with Crippen LogP contribution in [0.3, 0.4) is 0 Å². The highest BCUT2D eigenvalue weighted by molar-refractivity contribution is 5.81. The zero-order chi connectivity index (χ0) is 15.2. The molecule has 0 aromatic rings. The number of unbranched alkanes of at least 4 members (excludes halogenated alkanes) is 11. The van der Waals surface area contributed by atoms with Crippen molar-refractivity contribution in [1.82, 2.24) is 0 Å². The fraction of sp³-hybridized carbons (Fsp3) is 0.950. The van der Waals surface area contributed by atoms with Crippen LogP contribution in [0.25, 0.3) is 0 Å². The molecule has 1 aliphatic rings. The number of hydrogen-bond donors (Lipinski definition) is 0. The van der Waals surface area contributed by atoms with Gasteiger partial charge >= 0.3 is 0 Å². The van der Waals surface area contributed by atoms with E-state index >= 15 is 0 Å². The Morgan fingerprint density at radius 3 is 1.81 bits per heavy atom. The van der Waals surface area contributed by atoms with Crippen LogP contribution < -0.4 is 0 Å². The van der Waals surface area contributed by atoms with Gasteiger partial charge in [0.15, 0.2) is 0 Å². The minimum Gasteiger partial charge on any atom is -0.299 e. The van der Waals surface area contributed by atoms with Crippen LogP contribution in [0.15, 0.2) is 0 Å². The van der Waals surface area contributed by atoms with Gasteiger partial charge in [-0.3, -0.25) is 4.79 Å². The molecular weight excluding hydrogens is 256 g/mol. The van der Waals surface area contributed by atoms with E-state index in [9.17, 15) is 4.79 Å². The van der Waals surface area contributed by atoms with Crippen molar-refractivity contribution < 1.29 is 4.79 Å². The molecule has 1 rings (SSSR count). The van der Waals surface area contributed by atoms with Crippen molar-refractivity contribution in [3.63, 3.8) is 0 Å². The highest BCUT2D eigenvalue weighted by atomic mass is 16.1. The number of hydrogen-bond acceptors (Lipinski definition) is 1. The molecule has 0 saturated heterocycles. The summed E-state index contributed by atoms with van der Waals surface area (Å²) in [5, 5.41) is 0. The Morgan fingerprint density at radius 2 is 1.29 bits per heavy atom. The molecule has 0 aromatic carbocycles. The van der Waals surface area contributed by atoms with Gasteiger partial charge in [-0.05, 0) is 19.3 Å². The van der Waals surface area contributed by atoms with E-state index < -0.39 is 0 Å². The number of rotatable bonds is 13. The Hall–Kier alpha value is -0.330. The third kappa shape index (κ3) is 10.1. The molecule has 0 spiro atoms. The molecule has 1 heteroatoms. The number of Topliss-reactive ketones (excluding diaryl/α,β-unsaturated/α-hetero) is 1. The third-order valence-corrected chi connectivity index (χ3v) is 5.09. The summed E-state index contributed by atoms with van der Waals surface area (Å²) >= 11 is 0. The van der Waals surface area contributed by atoms with E-state index in [4.69, 9.17) is 0 Å². The summed E-state index contributed by atoms with van der Waals surface area (Å²) in [5.41, 5.74) is 0. The molecule has 1 aliphatic carbocycles. The van der Waals surface area contributed by atoms with Gasteiger partial charge in [-0.25, -0.2) is 0 Å². The van der Waals surface area contributed by atoms with Gasteiger partial charge in [0.1, 0.15) is 5.78 Å². The summed E-state index contributed by atoms with van der Waals surface area (Å²) < 4.78 is 0. The van der Waals surface area contributed by atoms with Gasteiger partial charge < -0.3 is 0 Å². The van der Waals surface area contributed by atoms with Crippen molar-refractivity contribution in [2.45, 2.75) is 116 Å². The molecule has 1 fully saturated rings. The number of ketones is 1. The van der Waals surface area contributed by atoms with Gasteiger partial charge in [-0.2, -0.15) is 0 Å². The van der Waals surface area contributed by atoms with Gasteiger partial charge in [-0.15, -0.1) is 0 Å². The lowest BCUT2D eigenvalue weighted by Gasteiger charge is -2.20. The van der Waals surface area contributed by atoms with Gasteiger partial charge in [0.05, 0.1) is 0 Å². The fourth-order valence-electron chi connectivity index (χ4n) is 3.59. The Morgan fingerprint density at radius 1 is 0.762 bits per heavy atom. The van der Waals surface area contributed by atoms with E-state index in [0.29, 0.717) is 11.7 Å². The molecule has 124 valence electrons. The summed E-state index contributed by atoms with van der Waals surface area (Å²) in [7, 11) is 0. The smallest absolute Gasteiger partial charge is 0.135 e. The first-order valence-corrected chi connectivity index (χ1v) is 9.87. The zero-order valence-electron chi connectivity index (χ0n) is 14.5. The second-order valence-corrected chi connectivity index (χ2v) is 7.09. The second-order valence-electron chi connectivity index (χ2n) is 7.09. The second kappa shape index (κ2) is 13.3. The first kappa shape index (κ1) is 18.7. The molecule has 0 radical (unpaired) electrons. The van der Waals surface area contributed by atoms with Crippen molar-refractivity contribution in [2.24, 2.45) is 5.92 Å². The van der Waals surface area contributed by atoms with Crippen molar-refractivity contribution in [1.29, 1.82) is 0 Å². The molecule has 0 bridgehead atoms. The van der Waals surface area contributed by atoms with Crippen LogP contribution in [0.1, 0.15) is 116 Å². The first-order valence-electron chi connectivity index (χ1n) is 9.87.